The number of H-pyrrole nitrogens is 1. The van der Waals surface area contributed by atoms with Crippen molar-refractivity contribution in [2.24, 2.45) is 0 Å². The number of rotatable bonds is 4. The Morgan fingerprint density at radius 3 is 2.89 bits per heavy atom. The predicted molar refractivity (Wildman–Crippen MR) is 65.1 cm³/mol. The minimum Gasteiger partial charge on any atom is -0.496 e. The summed E-state index contributed by atoms with van der Waals surface area (Å²) in [6.45, 7) is 0. The zero-order chi connectivity index (χ0) is 13.8. The topological polar surface area (TPSA) is 111 Å². The standard InChI is InChI=1S/C11H10N4O4/c1-19-9-3-2-8(15(17)18)4-7(9)5-10-13-11(16)6-12-14-10/h2-4,6H,5H2,1H3,(H,13,14,16). The lowest BCUT2D eigenvalue weighted by molar-refractivity contribution is -0.384. The van der Waals surface area contributed by atoms with Gasteiger partial charge in [0.15, 0.2) is 0 Å². The average Bonchev–Trinajstić information content (AvgIpc) is 2.38. The molecule has 0 radical (unpaired) electrons. The molecule has 0 unspecified atom stereocenters. The summed E-state index contributed by atoms with van der Waals surface area (Å²) >= 11 is 0. The number of hydrogen-bond acceptors (Lipinski definition) is 6. The van der Waals surface area contributed by atoms with Crippen molar-refractivity contribution in [3.63, 3.8) is 0 Å². The van der Waals surface area contributed by atoms with Gasteiger partial charge in [0.25, 0.3) is 11.2 Å². The highest BCUT2D eigenvalue weighted by Crippen LogP contribution is 2.25. The zero-order valence-electron chi connectivity index (χ0n) is 9.99. The van der Waals surface area contributed by atoms with Crippen molar-refractivity contribution in [2.75, 3.05) is 7.11 Å². The van der Waals surface area contributed by atoms with Gasteiger partial charge in [-0.05, 0) is 6.07 Å². The van der Waals surface area contributed by atoms with Crippen LogP contribution >= 0.6 is 0 Å². The second-order valence-electron chi connectivity index (χ2n) is 3.71. The number of aromatic nitrogens is 3. The van der Waals surface area contributed by atoms with E-state index < -0.39 is 4.92 Å². The molecule has 1 aromatic carbocycles. The molecule has 8 heteroatoms. The molecule has 0 amide bonds. The van der Waals surface area contributed by atoms with Crippen LogP contribution in [0.4, 0.5) is 5.69 Å². The second kappa shape index (κ2) is 5.25. The molecule has 0 aliphatic heterocycles. The molecule has 1 heterocycles. The summed E-state index contributed by atoms with van der Waals surface area (Å²) in [5.74, 6) is 0.795. The van der Waals surface area contributed by atoms with Crippen LogP contribution in [0.15, 0.2) is 29.2 Å². The summed E-state index contributed by atoms with van der Waals surface area (Å²) in [5.41, 5.74) is 0.115. The molecule has 0 saturated heterocycles. The molecule has 98 valence electrons. The third-order valence-corrected chi connectivity index (χ3v) is 2.45. The van der Waals surface area contributed by atoms with Crippen LogP contribution in [0, 0.1) is 10.1 Å². The molecule has 0 saturated carbocycles. The number of hydrogen-bond donors (Lipinski definition) is 1. The van der Waals surface area contributed by atoms with E-state index >= 15 is 0 Å². The third-order valence-electron chi connectivity index (χ3n) is 2.45. The van der Waals surface area contributed by atoms with E-state index in [2.05, 4.69) is 15.2 Å². The number of nitro benzene ring substituents is 1. The molecule has 2 rings (SSSR count). The van der Waals surface area contributed by atoms with Crippen LogP contribution in [0.5, 0.6) is 5.75 Å². The molecule has 1 aromatic heterocycles. The minimum atomic E-state index is -0.498. The largest absolute Gasteiger partial charge is 0.496 e. The molecule has 0 atom stereocenters. The van der Waals surface area contributed by atoms with Gasteiger partial charge in [-0.3, -0.25) is 14.9 Å². The molecule has 0 bridgehead atoms. The minimum absolute atomic E-state index is 0.0537. The van der Waals surface area contributed by atoms with Crippen LogP contribution in [0.25, 0.3) is 0 Å². The third kappa shape index (κ3) is 2.92. The molecule has 0 spiro atoms. The van der Waals surface area contributed by atoms with Crippen LogP contribution in [0.2, 0.25) is 0 Å². The lowest BCUT2D eigenvalue weighted by Gasteiger charge is -2.07. The maximum Gasteiger partial charge on any atom is 0.269 e. The van der Waals surface area contributed by atoms with E-state index in [1.165, 1.54) is 25.3 Å². The molecule has 2 aromatic rings. The Hall–Kier alpha value is -2.77. The summed E-state index contributed by atoms with van der Waals surface area (Å²) in [6.07, 6.45) is 1.24. The molecule has 19 heavy (non-hydrogen) atoms. The summed E-state index contributed by atoms with van der Waals surface area (Å²) in [6, 6.07) is 4.23. The van der Waals surface area contributed by atoms with Gasteiger partial charge in [0.1, 0.15) is 17.8 Å². The van der Waals surface area contributed by atoms with Crippen LogP contribution in [-0.2, 0) is 6.42 Å². The number of nitrogens with one attached hydrogen (secondary N) is 1. The van der Waals surface area contributed by atoms with Crippen LogP contribution in [-0.4, -0.2) is 27.2 Å². The van der Waals surface area contributed by atoms with Gasteiger partial charge in [-0.25, -0.2) is 0 Å². The number of nitrogens with zero attached hydrogens (tertiary/aromatic N) is 3. The fourth-order valence-corrected chi connectivity index (χ4v) is 1.63. The van der Waals surface area contributed by atoms with E-state index in [1.807, 2.05) is 0 Å². The lowest BCUT2D eigenvalue weighted by atomic mass is 10.1. The fraction of sp³-hybridized carbons (Fsp3) is 0.182. The Balaban J connectivity index is 2.40. The van der Waals surface area contributed by atoms with Gasteiger partial charge in [-0.15, -0.1) is 5.10 Å². The van der Waals surface area contributed by atoms with E-state index in [0.717, 1.165) is 6.20 Å². The lowest BCUT2D eigenvalue weighted by Crippen LogP contribution is -2.12. The Morgan fingerprint density at radius 1 is 1.47 bits per heavy atom. The maximum atomic E-state index is 11.1. The van der Waals surface area contributed by atoms with Crippen molar-refractivity contribution >= 4 is 5.69 Å². The Labute approximate surface area is 107 Å². The number of nitro groups is 1. The van der Waals surface area contributed by atoms with Crippen molar-refractivity contribution in [1.29, 1.82) is 0 Å². The monoisotopic (exact) mass is 262 g/mol. The summed E-state index contributed by atoms with van der Waals surface area (Å²) in [5, 5.41) is 18.0. The average molecular weight is 262 g/mol. The van der Waals surface area contributed by atoms with E-state index in [9.17, 15) is 14.9 Å². The molecule has 0 fully saturated rings. The SMILES string of the molecule is COc1ccc([N+](=O)[O-])cc1Cc1nncc(=O)[nH]1. The Bertz CT molecular complexity index is 668. The predicted octanol–water partition coefficient (Wildman–Crippen LogP) is 0.672. The number of non-ortho nitro benzene ring substituents is 1. The number of methoxy groups -OCH3 is 1. The first-order valence-corrected chi connectivity index (χ1v) is 5.32. The molecule has 8 nitrogen and oxygen atoms in total. The van der Waals surface area contributed by atoms with E-state index in [1.54, 1.807) is 0 Å². The first-order chi connectivity index (χ1) is 9.10. The van der Waals surface area contributed by atoms with Gasteiger partial charge in [0, 0.05) is 24.1 Å². The number of benzene rings is 1. The summed E-state index contributed by atoms with van der Waals surface area (Å²) in [7, 11) is 1.46. The van der Waals surface area contributed by atoms with Crippen molar-refractivity contribution in [3.8, 4) is 5.75 Å². The Kier molecular flexibility index (Phi) is 3.51. The molecule has 0 aliphatic rings. The van der Waals surface area contributed by atoms with E-state index in [-0.39, 0.29) is 17.7 Å². The van der Waals surface area contributed by atoms with Crippen LogP contribution in [0.1, 0.15) is 11.4 Å². The molecule has 1 N–H and O–H groups in total. The maximum absolute atomic E-state index is 11.1. The zero-order valence-corrected chi connectivity index (χ0v) is 9.99. The smallest absolute Gasteiger partial charge is 0.269 e. The molecule has 0 aliphatic carbocycles. The normalized spacial score (nSPS) is 10.2. The van der Waals surface area contributed by atoms with E-state index in [4.69, 9.17) is 4.74 Å². The fourth-order valence-electron chi connectivity index (χ4n) is 1.63. The van der Waals surface area contributed by atoms with Crippen molar-refractivity contribution in [2.45, 2.75) is 6.42 Å². The van der Waals surface area contributed by atoms with Crippen molar-refractivity contribution in [3.05, 3.63) is 56.3 Å². The van der Waals surface area contributed by atoms with Gasteiger partial charge in [-0.1, -0.05) is 0 Å². The van der Waals surface area contributed by atoms with Crippen LogP contribution in [0.3, 0.4) is 0 Å². The van der Waals surface area contributed by atoms with Gasteiger partial charge in [0.2, 0.25) is 0 Å². The van der Waals surface area contributed by atoms with Crippen molar-refractivity contribution < 1.29 is 9.66 Å². The van der Waals surface area contributed by atoms with E-state index in [0.29, 0.717) is 17.1 Å². The van der Waals surface area contributed by atoms with Gasteiger partial charge in [-0.2, -0.15) is 5.10 Å². The number of ether oxygens (including phenoxy) is 1. The summed E-state index contributed by atoms with van der Waals surface area (Å²) in [4.78, 5) is 23.9. The first-order valence-electron chi connectivity index (χ1n) is 5.32. The quantitative estimate of drug-likeness (QED) is 0.640. The van der Waals surface area contributed by atoms with Gasteiger partial charge >= 0.3 is 0 Å². The Morgan fingerprint density at radius 2 is 2.26 bits per heavy atom. The molecular weight excluding hydrogens is 252 g/mol. The highest BCUT2D eigenvalue weighted by molar-refractivity contribution is 5.44. The van der Waals surface area contributed by atoms with Crippen molar-refractivity contribution in [1.82, 2.24) is 15.2 Å². The van der Waals surface area contributed by atoms with Gasteiger partial charge in [0.05, 0.1) is 12.0 Å². The summed E-state index contributed by atoms with van der Waals surface area (Å²) < 4.78 is 5.12. The molecular formula is C11H10N4O4. The number of aromatic amines is 1. The highest BCUT2D eigenvalue weighted by atomic mass is 16.6. The van der Waals surface area contributed by atoms with Gasteiger partial charge < -0.3 is 9.72 Å². The second-order valence-corrected chi connectivity index (χ2v) is 3.71. The first kappa shape index (κ1) is 12.7. The highest BCUT2D eigenvalue weighted by Gasteiger charge is 2.12. The van der Waals surface area contributed by atoms with Crippen LogP contribution < -0.4 is 10.3 Å².